The lowest BCUT2D eigenvalue weighted by molar-refractivity contribution is -0.134. The van der Waals surface area contributed by atoms with Crippen LogP contribution in [-0.2, 0) is 16.8 Å². The van der Waals surface area contributed by atoms with Gasteiger partial charge in [0, 0.05) is 25.0 Å². The molecular weight excluding hydrogens is 467 g/mol. The van der Waals surface area contributed by atoms with Gasteiger partial charge in [-0.15, -0.1) is 11.3 Å². The van der Waals surface area contributed by atoms with Crippen LogP contribution in [0.25, 0.3) is 0 Å². The first-order valence-electron chi connectivity index (χ1n) is 11.5. The summed E-state index contributed by atoms with van der Waals surface area (Å²) in [6, 6.07) is 16.6. The second-order valence-corrected chi connectivity index (χ2v) is 9.66. The number of carbonyl (C=O) groups is 2. The summed E-state index contributed by atoms with van der Waals surface area (Å²) in [6.45, 7) is 2.36. The summed E-state index contributed by atoms with van der Waals surface area (Å²) >= 11 is 1.40. The maximum Gasteiger partial charge on any atom is 0.233 e. The molecule has 1 aliphatic carbocycles. The fraction of sp³-hybridized carbons (Fsp3) is 0.370. The van der Waals surface area contributed by atoms with E-state index in [1.165, 1.54) is 11.3 Å². The minimum absolute atomic E-state index is 0.0200. The van der Waals surface area contributed by atoms with E-state index >= 15 is 0 Å². The van der Waals surface area contributed by atoms with Gasteiger partial charge >= 0.3 is 0 Å². The van der Waals surface area contributed by atoms with Crippen molar-refractivity contribution in [3.63, 3.8) is 0 Å². The Morgan fingerprint density at radius 3 is 2.40 bits per heavy atom. The lowest BCUT2D eigenvalue weighted by Crippen LogP contribution is -2.39. The number of thiazole rings is 1. The van der Waals surface area contributed by atoms with Crippen molar-refractivity contribution in [1.82, 2.24) is 9.88 Å². The second-order valence-electron chi connectivity index (χ2n) is 8.37. The first kappa shape index (κ1) is 26.5. The number of hydrogen-bond acceptors (Lipinski definition) is 6. The van der Waals surface area contributed by atoms with Gasteiger partial charge in [0.15, 0.2) is 6.29 Å². The topological polar surface area (TPSA) is 79.7 Å². The SMILES string of the molecule is CO.COc1ccc(C2(C(=O)N(CCC(F)c3ccccc3)Cc3nc(C=O)c(C)s3)CC2)cc1. The lowest BCUT2D eigenvalue weighted by Gasteiger charge is -2.28. The monoisotopic (exact) mass is 498 g/mol. The molecule has 3 aromatic rings. The number of nitrogens with zero attached hydrogens (tertiary/aromatic N) is 2. The van der Waals surface area contributed by atoms with E-state index in [0.717, 1.165) is 42.4 Å². The zero-order valence-electron chi connectivity index (χ0n) is 20.2. The molecular formula is C27H31FN2O4S. The molecule has 1 aromatic heterocycles. The Kier molecular flexibility index (Phi) is 9.12. The van der Waals surface area contributed by atoms with Crippen LogP contribution in [0.15, 0.2) is 54.6 Å². The fourth-order valence-corrected chi connectivity index (χ4v) is 5.04. The maximum atomic E-state index is 14.9. The number of methoxy groups -OCH3 is 1. The predicted molar refractivity (Wildman–Crippen MR) is 135 cm³/mol. The first-order valence-corrected chi connectivity index (χ1v) is 12.3. The van der Waals surface area contributed by atoms with Gasteiger partial charge in [-0.3, -0.25) is 9.59 Å². The molecule has 0 bridgehead atoms. The number of ether oxygens (including phenoxy) is 1. The summed E-state index contributed by atoms with van der Waals surface area (Å²) in [7, 11) is 2.61. The van der Waals surface area contributed by atoms with Crippen LogP contribution in [0.1, 0.15) is 56.9 Å². The number of aliphatic hydroxyl groups is 1. The number of aldehydes is 1. The number of amides is 1. The molecule has 8 heteroatoms. The van der Waals surface area contributed by atoms with E-state index in [4.69, 9.17) is 9.84 Å². The molecule has 2 aromatic carbocycles. The van der Waals surface area contributed by atoms with Crippen molar-refractivity contribution in [1.29, 1.82) is 0 Å². The number of aliphatic hydroxyl groups excluding tert-OH is 1. The van der Waals surface area contributed by atoms with Crippen LogP contribution in [0.3, 0.4) is 0 Å². The van der Waals surface area contributed by atoms with Crippen LogP contribution in [0.4, 0.5) is 4.39 Å². The highest BCUT2D eigenvalue weighted by atomic mass is 32.1. The zero-order valence-corrected chi connectivity index (χ0v) is 21.1. The Morgan fingerprint density at radius 1 is 1.20 bits per heavy atom. The fourth-order valence-electron chi connectivity index (χ4n) is 4.12. The largest absolute Gasteiger partial charge is 0.497 e. The third kappa shape index (κ3) is 6.13. The minimum Gasteiger partial charge on any atom is -0.497 e. The Morgan fingerprint density at radius 2 is 1.86 bits per heavy atom. The van der Waals surface area contributed by atoms with Gasteiger partial charge in [-0.25, -0.2) is 9.37 Å². The van der Waals surface area contributed by atoms with Crippen molar-refractivity contribution in [2.75, 3.05) is 20.8 Å². The summed E-state index contributed by atoms with van der Waals surface area (Å²) in [5, 5.41) is 7.68. The molecule has 1 atom stereocenters. The van der Waals surface area contributed by atoms with E-state index in [1.807, 2.05) is 49.4 Å². The number of hydrogen-bond donors (Lipinski definition) is 1. The molecule has 1 amide bonds. The zero-order chi connectivity index (χ0) is 25.4. The Labute approximate surface area is 209 Å². The number of halogens is 1. The standard InChI is InChI=1S/C26H27FN2O3S.CH4O/c1-18-23(17-30)28-24(33-18)16-29(15-12-22(27)19-6-4-3-5-7-19)25(31)26(13-14-26)20-8-10-21(32-2)11-9-20;1-2/h3-11,17,22H,12-16H2,1-2H3;2H,1H3. The van der Waals surface area contributed by atoms with Gasteiger partial charge in [0.05, 0.1) is 19.1 Å². The van der Waals surface area contributed by atoms with E-state index < -0.39 is 11.6 Å². The average Bonchev–Trinajstić information content (AvgIpc) is 3.64. The molecule has 0 saturated heterocycles. The van der Waals surface area contributed by atoms with Gasteiger partial charge in [0.1, 0.15) is 22.6 Å². The molecule has 1 aliphatic rings. The van der Waals surface area contributed by atoms with Crippen LogP contribution < -0.4 is 4.74 Å². The van der Waals surface area contributed by atoms with Crippen molar-refractivity contribution in [2.24, 2.45) is 0 Å². The van der Waals surface area contributed by atoms with Crippen molar-refractivity contribution < 1.29 is 23.8 Å². The molecule has 1 heterocycles. The van der Waals surface area contributed by atoms with Crippen molar-refractivity contribution in [2.45, 2.75) is 44.3 Å². The van der Waals surface area contributed by atoms with E-state index in [-0.39, 0.29) is 25.4 Å². The summed E-state index contributed by atoms with van der Waals surface area (Å²) in [5.41, 5.74) is 1.35. The third-order valence-electron chi connectivity index (χ3n) is 6.22. The second kappa shape index (κ2) is 12.0. The van der Waals surface area contributed by atoms with Gasteiger partial charge in [-0.1, -0.05) is 42.5 Å². The van der Waals surface area contributed by atoms with E-state index in [9.17, 15) is 14.0 Å². The van der Waals surface area contributed by atoms with Crippen molar-refractivity contribution in [3.8, 4) is 5.75 Å². The highest BCUT2D eigenvalue weighted by molar-refractivity contribution is 7.11. The molecule has 6 nitrogen and oxygen atoms in total. The van der Waals surface area contributed by atoms with Crippen LogP contribution in [-0.4, -0.2) is 47.9 Å². The van der Waals surface area contributed by atoms with Crippen LogP contribution >= 0.6 is 11.3 Å². The number of rotatable bonds is 10. The molecule has 1 unspecified atom stereocenters. The number of alkyl halides is 1. The summed E-state index contributed by atoms with van der Waals surface area (Å²) in [6.07, 6.45) is 1.26. The molecule has 1 N–H and O–H groups in total. The molecule has 0 spiro atoms. The normalized spacial score (nSPS) is 14.3. The first-order chi connectivity index (χ1) is 17.0. The Hall–Kier alpha value is -3.10. The van der Waals surface area contributed by atoms with E-state index in [1.54, 1.807) is 24.1 Å². The number of aryl methyl sites for hydroxylation is 1. The Bertz CT molecular complexity index is 1110. The maximum absolute atomic E-state index is 14.9. The molecule has 1 fully saturated rings. The smallest absolute Gasteiger partial charge is 0.233 e. The molecule has 186 valence electrons. The number of benzene rings is 2. The minimum atomic E-state index is -1.17. The van der Waals surface area contributed by atoms with Gasteiger partial charge < -0.3 is 14.7 Å². The predicted octanol–water partition coefficient (Wildman–Crippen LogP) is 5.04. The van der Waals surface area contributed by atoms with Gasteiger partial charge in [-0.2, -0.15) is 0 Å². The average molecular weight is 499 g/mol. The Balaban J connectivity index is 0.00000167. The third-order valence-corrected chi connectivity index (χ3v) is 7.19. The van der Waals surface area contributed by atoms with Crippen LogP contribution in [0.2, 0.25) is 0 Å². The van der Waals surface area contributed by atoms with Gasteiger partial charge in [0.2, 0.25) is 5.91 Å². The van der Waals surface area contributed by atoms with Crippen LogP contribution in [0.5, 0.6) is 5.75 Å². The number of aromatic nitrogens is 1. The quantitative estimate of drug-likeness (QED) is 0.396. The molecule has 0 radical (unpaired) electrons. The van der Waals surface area contributed by atoms with Crippen LogP contribution in [0, 0.1) is 6.92 Å². The summed E-state index contributed by atoms with van der Waals surface area (Å²) < 4.78 is 20.2. The molecule has 4 rings (SSSR count). The van der Waals surface area contributed by atoms with Crippen molar-refractivity contribution >= 4 is 23.5 Å². The molecule has 35 heavy (non-hydrogen) atoms. The summed E-state index contributed by atoms with van der Waals surface area (Å²) in [5.74, 6) is 0.718. The lowest BCUT2D eigenvalue weighted by atomic mass is 9.94. The number of carbonyl (C=O) groups excluding carboxylic acids is 2. The van der Waals surface area contributed by atoms with Gasteiger partial charge in [0.25, 0.3) is 0 Å². The molecule has 0 aliphatic heterocycles. The summed E-state index contributed by atoms with van der Waals surface area (Å²) in [4.78, 5) is 31.9. The van der Waals surface area contributed by atoms with Crippen molar-refractivity contribution in [3.05, 3.63) is 81.3 Å². The highest BCUT2D eigenvalue weighted by Gasteiger charge is 2.53. The van der Waals surface area contributed by atoms with E-state index in [0.29, 0.717) is 16.3 Å². The van der Waals surface area contributed by atoms with E-state index in [2.05, 4.69) is 4.98 Å². The highest BCUT2D eigenvalue weighted by Crippen LogP contribution is 2.50. The van der Waals surface area contributed by atoms with Gasteiger partial charge in [-0.05, 0) is 43.0 Å². The molecule has 1 saturated carbocycles.